The number of halogens is 1. The first-order chi connectivity index (χ1) is 23.1. The van der Waals surface area contributed by atoms with Crippen LogP contribution in [0.5, 0.6) is 0 Å². The summed E-state index contributed by atoms with van der Waals surface area (Å²) >= 11 is 5.72. The van der Waals surface area contributed by atoms with Gasteiger partial charge in [0.2, 0.25) is 10.0 Å². The second kappa shape index (κ2) is 23.1. The third-order valence-electron chi connectivity index (χ3n) is 7.39. The molecule has 0 aliphatic rings. The molecule has 0 unspecified atom stereocenters. The van der Waals surface area contributed by atoms with E-state index < -0.39 is 27.9 Å². The summed E-state index contributed by atoms with van der Waals surface area (Å²) in [6, 6.07) is 25.7. The van der Waals surface area contributed by atoms with Crippen LogP contribution in [-0.2, 0) is 10.0 Å². The lowest BCUT2D eigenvalue weighted by atomic mass is 10.0. The summed E-state index contributed by atoms with van der Waals surface area (Å²) in [6.45, 7) is 16.4. The molecule has 0 aliphatic carbocycles. The Bertz CT molecular complexity index is 1820. The Labute approximate surface area is 315 Å². The SMILES string of the molecule is C.C.CC(C)c1ccc(C(=O)O)cc1.CC(C)c1ccc(Cl)c(C(=O)O)c1.CC(C)c1ccc(S(N)(=O)=O)cc1.CC(C)c1cccc(C(=O)O)c1. The minimum Gasteiger partial charge on any atom is -0.478 e. The molecule has 0 heterocycles. The predicted molar refractivity (Wildman–Crippen MR) is 213 cm³/mol. The summed E-state index contributed by atoms with van der Waals surface area (Å²) in [7, 11) is -3.55. The van der Waals surface area contributed by atoms with Crippen LogP contribution in [0.1, 0.15) is 147 Å². The Morgan fingerprint density at radius 3 is 1.29 bits per heavy atom. The van der Waals surface area contributed by atoms with Gasteiger partial charge in [0.15, 0.2) is 0 Å². The largest absolute Gasteiger partial charge is 0.478 e. The molecule has 0 radical (unpaired) electrons. The first kappa shape index (κ1) is 49.6. The number of hydrogen-bond donors (Lipinski definition) is 4. The average molecular weight is 758 g/mol. The van der Waals surface area contributed by atoms with Gasteiger partial charge in [0, 0.05) is 0 Å². The fraction of sp³-hybridized carbons (Fsp3) is 0.341. The Morgan fingerprint density at radius 2 is 0.923 bits per heavy atom. The summed E-state index contributed by atoms with van der Waals surface area (Å²) in [5, 5.41) is 31.3. The summed E-state index contributed by atoms with van der Waals surface area (Å²) in [5.74, 6) is -1.17. The van der Waals surface area contributed by atoms with Gasteiger partial charge in [-0.1, -0.05) is 124 Å². The van der Waals surface area contributed by atoms with Gasteiger partial charge >= 0.3 is 17.9 Å². The van der Waals surface area contributed by atoms with Gasteiger partial charge in [0.1, 0.15) is 0 Å². The summed E-state index contributed by atoms with van der Waals surface area (Å²) in [5.41, 5.74) is 5.21. The van der Waals surface area contributed by atoms with E-state index >= 15 is 0 Å². The van der Waals surface area contributed by atoms with Crippen LogP contribution in [0, 0.1) is 0 Å². The van der Waals surface area contributed by atoms with Crippen LogP contribution in [0.2, 0.25) is 5.02 Å². The third kappa shape index (κ3) is 17.1. The molecule has 9 nitrogen and oxygen atoms in total. The highest BCUT2D eigenvalue weighted by Crippen LogP contribution is 2.22. The highest BCUT2D eigenvalue weighted by molar-refractivity contribution is 7.89. The molecule has 0 amide bonds. The Balaban J connectivity index is 0. The molecule has 0 spiro atoms. The van der Waals surface area contributed by atoms with E-state index in [1.165, 1.54) is 17.7 Å². The van der Waals surface area contributed by atoms with Crippen molar-refractivity contribution in [1.82, 2.24) is 0 Å². The monoisotopic (exact) mass is 757 g/mol. The molecule has 0 aromatic heterocycles. The zero-order valence-corrected chi connectivity index (χ0v) is 31.3. The van der Waals surface area contributed by atoms with E-state index in [9.17, 15) is 22.8 Å². The molecule has 0 saturated carbocycles. The molecule has 5 N–H and O–H groups in total. The van der Waals surface area contributed by atoms with Crippen molar-refractivity contribution in [3.05, 3.63) is 135 Å². The van der Waals surface area contributed by atoms with E-state index in [1.54, 1.807) is 54.6 Å². The molecule has 0 bridgehead atoms. The second-order valence-electron chi connectivity index (χ2n) is 12.6. The molecule has 4 aromatic rings. The number of benzene rings is 4. The van der Waals surface area contributed by atoms with E-state index in [-0.39, 0.29) is 30.3 Å². The van der Waals surface area contributed by atoms with Crippen molar-refractivity contribution in [3.8, 4) is 0 Å². The van der Waals surface area contributed by atoms with Gasteiger partial charge in [0.05, 0.1) is 26.6 Å². The summed E-state index contributed by atoms with van der Waals surface area (Å²) < 4.78 is 21.8. The maximum atomic E-state index is 10.9. The fourth-order valence-electron chi connectivity index (χ4n) is 4.15. The number of aromatic carboxylic acids is 3. The van der Waals surface area contributed by atoms with Crippen molar-refractivity contribution >= 4 is 39.5 Å². The molecule has 4 aromatic carbocycles. The van der Waals surface area contributed by atoms with Crippen LogP contribution in [0.4, 0.5) is 0 Å². The molecule has 0 aliphatic heterocycles. The van der Waals surface area contributed by atoms with Crippen molar-refractivity contribution < 1.29 is 38.1 Å². The van der Waals surface area contributed by atoms with Gasteiger partial charge in [-0.25, -0.2) is 27.9 Å². The first-order valence-corrected chi connectivity index (χ1v) is 17.9. The van der Waals surface area contributed by atoms with Crippen LogP contribution in [0.3, 0.4) is 0 Å². The summed E-state index contributed by atoms with van der Waals surface area (Å²) in [6.07, 6.45) is 0. The lowest BCUT2D eigenvalue weighted by molar-refractivity contribution is 0.0686. The minimum absolute atomic E-state index is 0. The lowest BCUT2D eigenvalue weighted by Gasteiger charge is -2.06. The molecule has 0 fully saturated rings. The van der Waals surface area contributed by atoms with Crippen molar-refractivity contribution in [2.75, 3.05) is 0 Å². The Hall–Kier alpha value is -4.51. The van der Waals surface area contributed by atoms with Crippen LogP contribution in [0.15, 0.2) is 95.9 Å². The molecule has 0 atom stereocenters. The lowest BCUT2D eigenvalue weighted by Crippen LogP contribution is -2.11. The number of primary sulfonamides is 1. The van der Waals surface area contributed by atoms with Crippen molar-refractivity contribution in [3.63, 3.8) is 0 Å². The Kier molecular flexibility index (Phi) is 22.1. The average Bonchev–Trinajstić information content (AvgIpc) is 3.05. The zero-order chi connectivity index (χ0) is 38.3. The number of carboxylic acid groups (broad SMARTS) is 3. The molecular weight excluding hydrogens is 702 g/mol. The van der Waals surface area contributed by atoms with Crippen LogP contribution >= 0.6 is 11.6 Å². The molecule has 286 valence electrons. The van der Waals surface area contributed by atoms with Gasteiger partial charge in [-0.2, -0.15) is 0 Å². The number of sulfonamides is 1. The van der Waals surface area contributed by atoms with Crippen molar-refractivity contribution in [2.24, 2.45) is 5.14 Å². The highest BCUT2D eigenvalue weighted by Gasteiger charge is 2.11. The fourth-order valence-corrected chi connectivity index (χ4v) is 4.86. The maximum absolute atomic E-state index is 10.9. The van der Waals surface area contributed by atoms with Crippen LogP contribution in [-0.4, -0.2) is 41.6 Å². The van der Waals surface area contributed by atoms with Gasteiger partial charge < -0.3 is 15.3 Å². The van der Waals surface area contributed by atoms with E-state index in [1.807, 2.05) is 65.8 Å². The van der Waals surface area contributed by atoms with Crippen molar-refractivity contribution in [1.29, 1.82) is 0 Å². The van der Waals surface area contributed by atoms with Gasteiger partial charge in [-0.05, 0) is 94.5 Å². The van der Waals surface area contributed by atoms with Crippen LogP contribution < -0.4 is 5.14 Å². The van der Waals surface area contributed by atoms with Gasteiger partial charge in [-0.3, -0.25) is 0 Å². The normalized spacial score (nSPS) is 10.3. The first-order valence-electron chi connectivity index (χ1n) is 16.0. The zero-order valence-electron chi connectivity index (χ0n) is 29.7. The molecule has 4 rings (SSSR count). The maximum Gasteiger partial charge on any atom is 0.337 e. The minimum atomic E-state index is -3.55. The molecule has 52 heavy (non-hydrogen) atoms. The van der Waals surface area contributed by atoms with E-state index in [4.69, 9.17) is 32.1 Å². The van der Waals surface area contributed by atoms with E-state index in [2.05, 4.69) is 13.8 Å². The molecular formula is C41H56ClNO8S. The number of rotatable bonds is 8. The second-order valence-corrected chi connectivity index (χ2v) is 14.6. The summed E-state index contributed by atoms with van der Waals surface area (Å²) in [4.78, 5) is 31.9. The Morgan fingerprint density at radius 1 is 0.538 bits per heavy atom. The number of carbonyl (C=O) groups is 3. The molecule has 0 saturated heterocycles. The van der Waals surface area contributed by atoms with E-state index in [0.717, 1.165) is 16.7 Å². The standard InChI is InChI=1S/C10H11ClO2.2C10H12O2.C9H13NO2S.2CH4/c1-6(2)7-3-4-9(11)8(5-7)10(12)13;1-7(2)8-3-5-9(6-4-8)10(11)12;1-7(2)8-4-3-5-9(6-8)10(11)12;1-7(2)8-3-5-9(6-4-8)13(10,11)12;;/h3-6H,1-2H3,(H,12,13);2*3-7H,1-2H3,(H,11,12);3-7H,1-2H3,(H2,10,11,12);2*1H4. The van der Waals surface area contributed by atoms with Crippen LogP contribution in [0.25, 0.3) is 0 Å². The smallest absolute Gasteiger partial charge is 0.337 e. The van der Waals surface area contributed by atoms with E-state index in [0.29, 0.717) is 34.8 Å². The number of hydrogen-bond acceptors (Lipinski definition) is 5. The predicted octanol–water partition coefficient (Wildman–Crippen LogP) is 10.9. The van der Waals surface area contributed by atoms with Gasteiger partial charge in [-0.15, -0.1) is 0 Å². The number of carboxylic acids is 3. The topological polar surface area (TPSA) is 172 Å². The highest BCUT2D eigenvalue weighted by atomic mass is 35.5. The molecule has 11 heteroatoms. The van der Waals surface area contributed by atoms with Crippen molar-refractivity contribution in [2.45, 2.75) is 98.8 Å². The third-order valence-corrected chi connectivity index (χ3v) is 8.65. The number of nitrogens with two attached hydrogens (primary N) is 1. The van der Waals surface area contributed by atoms with Gasteiger partial charge in [0.25, 0.3) is 0 Å². The quantitative estimate of drug-likeness (QED) is 0.137.